The first-order valence-electron chi connectivity index (χ1n) is 7.34. The third kappa shape index (κ3) is 4.33. The topological polar surface area (TPSA) is 74.4 Å². The Morgan fingerprint density at radius 3 is 2.54 bits per heavy atom. The van der Waals surface area contributed by atoms with Gasteiger partial charge in [-0.2, -0.15) is 0 Å². The molecule has 122 valence electrons. The molecule has 3 rings (SSSR count). The summed E-state index contributed by atoms with van der Waals surface area (Å²) in [7, 11) is 0. The van der Waals surface area contributed by atoms with Gasteiger partial charge in [0.15, 0.2) is 6.61 Å². The van der Waals surface area contributed by atoms with Crippen molar-refractivity contribution < 1.29 is 14.3 Å². The van der Waals surface area contributed by atoms with Crippen LogP contribution in [-0.4, -0.2) is 17.5 Å². The molecule has 2 N–H and O–H groups in total. The van der Waals surface area contributed by atoms with Crippen molar-refractivity contribution in [1.82, 2.24) is 4.98 Å². The highest BCUT2D eigenvalue weighted by molar-refractivity contribution is 7.09. The van der Waals surface area contributed by atoms with Gasteiger partial charge in [-0.15, -0.1) is 11.3 Å². The highest BCUT2D eigenvalue weighted by Crippen LogP contribution is 2.24. The fraction of sp³-hybridized carbons (Fsp3) is 0.111. The van der Waals surface area contributed by atoms with Gasteiger partial charge < -0.3 is 15.2 Å². The van der Waals surface area contributed by atoms with Crippen LogP contribution < -0.4 is 15.2 Å². The monoisotopic (exact) mass is 340 g/mol. The third-order valence-electron chi connectivity index (χ3n) is 3.17. The molecule has 1 heterocycles. The lowest BCUT2D eigenvalue weighted by molar-refractivity contribution is -0.119. The molecule has 0 radical (unpaired) electrons. The molecule has 0 unspecified atom stereocenters. The van der Waals surface area contributed by atoms with Crippen molar-refractivity contribution in [3.63, 3.8) is 0 Å². The minimum Gasteiger partial charge on any atom is -0.486 e. The van der Waals surface area contributed by atoms with Gasteiger partial charge in [0.2, 0.25) is 0 Å². The van der Waals surface area contributed by atoms with Crippen LogP contribution in [0.15, 0.2) is 60.0 Å². The van der Waals surface area contributed by atoms with Crippen molar-refractivity contribution >= 4 is 17.2 Å². The number of benzene rings is 2. The lowest BCUT2D eigenvalue weighted by Crippen LogP contribution is -2.19. The van der Waals surface area contributed by atoms with Crippen molar-refractivity contribution in [3.8, 4) is 22.8 Å². The van der Waals surface area contributed by atoms with Crippen molar-refractivity contribution in [1.29, 1.82) is 0 Å². The number of amides is 1. The SMILES string of the molecule is NC(=O)COc1cccc(OCc2nc(-c3ccccc3)cs2)c1. The maximum absolute atomic E-state index is 10.7. The largest absolute Gasteiger partial charge is 0.486 e. The Hall–Kier alpha value is -2.86. The van der Waals surface area contributed by atoms with E-state index in [9.17, 15) is 4.79 Å². The van der Waals surface area contributed by atoms with Crippen LogP contribution in [-0.2, 0) is 11.4 Å². The first kappa shape index (κ1) is 16.0. The van der Waals surface area contributed by atoms with E-state index in [1.54, 1.807) is 29.5 Å². The zero-order valence-electron chi connectivity index (χ0n) is 12.8. The second kappa shape index (κ2) is 7.61. The lowest BCUT2D eigenvalue weighted by Gasteiger charge is -2.07. The molecule has 0 saturated heterocycles. The summed E-state index contributed by atoms with van der Waals surface area (Å²) in [6, 6.07) is 17.1. The van der Waals surface area contributed by atoms with Crippen LogP contribution in [0, 0.1) is 0 Å². The molecule has 3 aromatic rings. The van der Waals surface area contributed by atoms with E-state index in [-0.39, 0.29) is 6.61 Å². The third-order valence-corrected chi connectivity index (χ3v) is 3.99. The molecule has 2 aromatic carbocycles. The fourth-order valence-electron chi connectivity index (χ4n) is 2.07. The number of carbonyl (C=O) groups is 1. The van der Waals surface area contributed by atoms with Crippen LogP contribution in [0.5, 0.6) is 11.5 Å². The van der Waals surface area contributed by atoms with Gasteiger partial charge in [0.1, 0.15) is 23.1 Å². The van der Waals surface area contributed by atoms with E-state index in [1.807, 2.05) is 41.8 Å². The van der Waals surface area contributed by atoms with Crippen LogP contribution in [0.1, 0.15) is 5.01 Å². The number of hydrogen-bond acceptors (Lipinski definition) is 5. The van der Waals surface area contributed by atoms with Crippen molar-refractivity contribution in [2.75, 3.05) is 6.61 Å². The number of nitrogens with two attached hydrogens (primary N) is 1. The molecule has 24 heavy (non-hydrogen) atoms. The number of primary amides is 1. The first-order chi connectivity index (χ1) is 11.7. The Bertz CT molecular complexity index is 818. The van der Waals surface area contributed by atoms with Crippen LogP contribution in [0.4, 0.5) is 0 Å². The summed E-state index contributed by atoms with van der Waals surface area (Å²) in [6.07, 6.45) is 0. The first-order valence-corrected chi connectivity index (χ1v) is 8.22. The number of aromatic nitrogens is 1. The lowest BCUT2D eigenvalue weighted by atomic mass is 10.2. The van der Waals surface area contributed by atoms with E-state index in [4.69, 9.17) is 15.2 Å². The van der Waals surface area contributed by atoms with Gasteiger partial charge in [-0.05, 0) is 12.1 Å². The van der Waals surface area contributed by atoms with E-state index >= 15 is 0 Å². The highest BCUT2D eigenvalue weighted by atomic mass is 32.1. The smallest absolute Gasteiger partial charge is 0.255 e. The number of thiazole rings is 1. The Morgan fingerprint density at radius 2 is 1.79 bits per heavy atom. The molecule has 0 saturated carbocycles. The van der Waals surface area contributed by atoms with Crippen molar-refractivity contribution in [3.05, 3.63) is 65.0 Å². The Balaban J connectivity index is 1.61. The maximum Gasteiger partial charge on any atom is 0.255 e. The molecule has 5 nitrogen and oxygen atoms in total. The molecule has 0 atom stereocenters. The molecule has 1 aromatic heterocycles. The number of rotatable bonds is 7. The van der Waals surface area contributed by atoms with E-state index in [2.05, 4.69) is 4.98 Å². The molecule has 0 aliphatic carbocycles. The predicted molar refractivity (Wildman–Crippen MR) is 93.0 cm³/mol. The van der Waals surface area contributed by atoms with E-state index in [1.165, 1.54) is 0 Å². The summed E-state index contributed by atoms with van der Waals surface area (Å²) in [4.78, 5) is 15.3. The molecular weight excluding hydrogens is 324 g/mol. The molecule has 0 spiro atoms. The second-order valence-corrected chi connectivity index (χ2v) is 5.95. The fourth-order valence-corrected chi connectivity index (χ4v) is 2.79. The summed E-state index contributed by atoms with van der Waals surface area (Å²) in [5.41, 5.74) is 7.09. The quantitative estimate of drug-likeness (QED) is 0.716. The van der Waals surface area contributed by atoms with Gasteiger partial charge in [0, 0.05) is 17.0 Å². The molecule has 0 fully saturated rings. The number of hydrogen-bond donors (Lipinski definition) is 1. The number of nitrogens with zero attached hydrogens (tertiary/aromatic N) is 1. The van der Waals surface area contributed by atoms with Gasteiger partial charge in [-0.25, -0.2) is 4.98 Å². The molecule has 0 aliphatic heterocycles. The molecule has 0 bridgehead atoms. The Kier molecular flexibility index (Phi) is 5.08. The minimum absolute atomic E-state index is 0.156. The summed E-state index contributed by atoms with van der Waals surface area (Å²) in [5.74, 6) is 0.668. The number of ether oxygens (including phenoxy) is 2. The molecule has 6 heteroatoms. The van der Waals surface area contributed by atoms with Crippen LogP contribution in [0.25, 0.3) is 11.3 Å². The highest BCUT2D eigenvalue weighted by Gasteiger charge is 2.06. The van der Waals surface area contributed by atoms with Gasteiger partial charge >= 0.3 is 0 Å². The zero-order valence-corrected chi connectivity index (χ0v) is 13.7. The van der Waals surface area contributed by atoms with Crippen molar-refractivity contribution in [2.24, 2.45) is 5.73 Å². The average Bonchev–Trinajstić information content (AvgIpc) is 3.08. The van der Waals surface area contributed by atoms with Crippen LogP contribution in [0.2, 0.25) is 0 Å². The summed E-state index contributed by atoms with van der Waals surface area (Å²) in [5, 5.41) is 2.90. The normalized spacial score (nSPS) is 10.3. The predicted octanol–water partition coefficient (Wildman–Crippen LogP) is 3.25. The average molecular weight is 340 g/mol. The molecule has 0 aliphatic rings. The van der Waals surface area contributed by atoms with Gasteiger partial charge in [-0.1, -0.05) is 36.4 Å². The van der Waals surface area contributed by atoms with E-state index in [0.29, 0.717) is 18.1 Å². The number of carbonyl (C=O) groups excluding carboxylic acids is 1. The van der Waals surface area contributed by atoms with E-state index < -0.39 is 5.91 Å². The second-order valence-electron chi connectivity index (χ2n) is 5.01. The molecular formula is C18H16N2O3S. The summed E-state index contributed by atoms with van der Waals surface area (Å²) >= 11 is 1.55. The van der Waals surface area contributed by atoms with Gasteiger partial charge in [0.05, 0.1) is 5.69 Å². The van der Waals surface area contributed by atoms with E-state index in [0.717, 1.165) is 16.3 Å². The Labute approximate surface area is 143 Å². The standard InChI is InChI=1S/C18H16N2O3S/c19-17(21)10-22-14-7-4-8-15(9-14)23-11-18-20-16(12-24-18)13-5-2-1-3-6-13/h1-9,12H,10-11H2,(H2,19,21). The zero-order chi connectivity index (χ0) is 16.8. The van der Waals surface area contributed by atoms with Gasteiger partial charge in [-0.3, -0.25) is 4.79 Å². The Morgan fingerprint density at radius 1 is 1.04 bits per heavy atom. The van der Waals surface area contributed by atoms with Crippen LogP contribution in [0.3, 0.4) is 0 Å². The maximum atomic E-state index is 10.7. The summed E-state index contributed by atoms with van der Waals surface area (Å²) < 4.78 is 11.0. The summed E-state index contributed by atoms with van der Waals surface area (Å²) in [6.45, 7) is 0.215. The minimum atomic E-state index is -0.516. The van der Waals surface area contributed by atoms with Crippen LogP contribution >= 0.6 is 11.3 Å². The molecule has 1 amide bonds. The van der Waals surface area contributed by atoms with Crippen molar-refractivity contribution in [2.45, 2.75) is 6.61 Å². The van der Waals surface area contributed by atoms with Gasteiger partial charge in [0.25, 0.3) is 5.91 Å².